The van der Waals surface area contributed by atoms with Crippen LogP contribution < -0.4 is 10.1 Å². The van der Waals surface area contributed by atoms with Crippen molar-refractivity contribution in [2.75, 3.05) is 13.7 Å². The minimum Gasteiger partial charge on any atom is -0.493 e. The number of hydrogen-bond donors (Lipinski definition) is 1. The van der Waals surface area contributed by atoms with Gasteiger partial charge in [-0.25, -0.2) is 9.18 Å². The lowest BCUT2D eigenvalue weighted by Crippen LogP contribution is -2.39. The van der Waals surface area contributed by atoms with Crippen molar-refractivity contribution in [1.29, 1.82) is 0 Å². The summed E-state index contributed by atoms with van der Waals surface area (Å²) in [6.07, 6.45) is -3.31. The lowest BCUT2D eigenvalue weighted by Gasteiger charge is -2.24. The molecule has 4 nitrogen and oxygen atoms in total. The van der Waals surface area contributed by atoms with Gasteiger partial charge in [-0.1, -0.05) is 18.2 Å². The van der Waals surface area contributed by atoms with E-state index in [9.17, 15) is 22.4 Å². The second-order valence-electron chi connectivity index (χ2n) is 6.69. The summed E-state index contributed by atoms with van der Waals surface area (Å²) in [5, 5.41) is 2.78. The Morgan fingerprint density at radius 1 is 1.25 bits per heavy atom. The fraction of sp³-hybridized carbons (Fsp3) is 0.350. The van der Waals surface area contributed by atoms with Crippen molar-refractivity contribution in [1.82, 2.24) is 10.2 Å². The third-order valence-electron chi connectivity index (χ3n) is 4.62. The molecule has 2 aromatic rings. The predicted molar refractivity (Wildman–Crippen MR) is 95.3 cm³/mol. The smallest absolute Gasteiger partial charge is 0.416 e. The number of urea groups is 1. The lowest BCUT2D eigenvalue weighted by atomic mass is 10.0. The van der Waals surface area contributed by atoms with Crippen LogP contribution in [0.3, 0.4) is 0 Å². The van der Waals surface area contributed by atoms with E-state index in [1.165, 1.54) is 48.3 Å². The fourth-order valence-corrected chi connectivity index (χ4v) is 3.22. The van der Waals surface area contributed by atoms with Crippen LogP contribution in [-0.4, -0.2) is 24.6 Å². The van der Waals surface area contributed by atoms with Crippen molar-refractivity contribution in [3.63, 3.8) is 0 Å². The van der Waals surface area contributed by atoms with Crippen molar-refractivity contribution in [2.24, 2.45) is 0 Å². The van der Waals surface area contributed by atoms with Gasteiger partial charge in [0.05, 0.1) is 18.2 Å². The molecule has 1 heterocycles. The number of ether oxygens (including phenoxy) is 1. The van der Waals surface area contributed by atoms with E-state index in [4.69, 9.17) is 4.74 Å². The number of nitrogens with zero attached hydrogens (tertiary/aromatic N) is 1. The molecular formula is C20H20F4N2O2. The van der Waals surface area contributed by atoms with Gasteiger partial charge in [-0.2, -0.15) is 13.2 Å². The molecule has 1 unspecified atom stereocenters. The van der Waals surface area contributed by atoms with Crippen LogP contribution in [0.2, 0.25) is 0 Å². The van der Waals surface area contributed by atoms with Gasteiger partial charge in [-0.05, 0) is 42.7 Å². The van der Waals surface area contributed by atoms with E-state index >= 15 is 0 Å². The predicted octanol–water partition coefficient (Wildman–Crippen LogP) is 4.90. The van der Waals surface area contributed by atoms with E-state index in [1.807, 2.05) is 0 Å². The molecule has 0 radical (unpaired) electrons. The Morgan fingerprint density at radius 3 is 2.75 bits per heavy atom. The molecule has 1 aliphatic rings. The third-order valence-corrected chi connectivity index (χ3v) is 4.62. The van der Waals surface area contributed by atoms with Crippen LogP contribution in [0.1, 0.15) is 35.6 Å². The lowest BCUT2D eigenvalue weighted by molar-refractivity contribution is -0.138. The Morgan fingerprint density at radius 2 is 2.00 bits per heavy atom. The third kappa shape index (κ3) is 4.55. The SMILES string of the molecule is CN(Cc1ccccc1C(F)(F)F)C(=O)NC1CCCOc2ccc(F)cc21. The number of nitrogens with one attached hydrogen (secondary N) is 1. The number of hydrogen-bond acceptors (Lipinski definition) is 2. The molecule has 0 saturated heterocycles. The molecule has 1 atom stereocenters. The number of alkyl halides is 3. The van der Waals surface area contributed by atoms with Crippen molar-refractivity contribution >= 4 is 6.03 Å². The van der Waals surface area contributed by atoms with Crippen LogP contribution in [0.15, 0.2) is 42.5 Å². The van der Waals surface area contributed by atoms with Crippen LogP contribution in [0.25, 0.3) is 0 Å². The number of amides is 2. The summed E-state index contributed by atoms with van der Waals surface area (Å²) < 4.78 is 58.7. The van der Waals surface area contributed by atoms with Gasteiger partial charge >= 0.3 is 12.2 Å². The van der Waals surface area contributed by atoms with E-state index in [1.54, 1.807) is 0 Å². The summed E-state index contributed by atoms with van der Waals surface area (Å²) in [7, 11) is 1.42. The van der Waals surface area contributed by atoms with Crippen LogP contribution in [-0.2, 0) is 12.7 Å². The molecule has 0 aromatic heterocycles. The molecule has 0 spiro atoms. The fourth-order valence-electron chi connectivity index (χ4n) is 3.22. The van der Waals surface area contributed by atoms with Crippen LogP contribution >= 0.6 is 0 Å². The Hall–Kier alpha value is -2.77. The summed E-state index contributed by atoms with van der Waals surface area (Å²) in [4.78, 5) is 13.8. The first-order valence-corrected chi connectivity index (χ1v) is 8.84. The molecule has 8 heteroatoms. The van der Waals surface area contributed by atoms with E-state index < -0.39 is 29.6 Å². The highest BCUT2D eigenvalue weighted by Gasteiger charge is 2.33. The second kappa shape index (κ2) is 8.08. The highest BCUT2D eigenvalue weighted by molar-refractivity contribution is 5.74. The number of fused-ring (bicyclic) bond motifs is 1. The standard InChI is InChI=1S/C20H20F4N2O2/c1-26(12-13-5-2-3-6-16(13)20(22,23)24)19(27)25-17-7-4-10-28-18-9-8-14(21)11-15(17)18/h2-3,5-6,8-9,11,17H,4,7,10,12H2,1H3,(H,25,27). The first-order valence-electron chi connectivity index (χ1n) is 8.84. The summed E-state index contributed by atoms with van der Waals surface area (Å²) in [5.41, 5.74) is -0.247. The molecule has 2 aromatic carbocycles. The molecule has 0 saturated carbocycles. The van der Waals surface area contributed by atoms with Crippen LogP contribution in [0.4, 0.5) is 22.4 Å². The second-order valence-corrected chi connectivity index (χ2v) is 6.69. The molecule has 0 aliphatic carbocycles. The van der Waals surface area contributed by atoms with Crippen LogP contribution in [0.5, 0.6) is 5.75 Å². The van der Waals surface area contributed by atoms with Crippen molar-refractivity contribution in [2.45, 2.75) is 31.6 Å². The zero-order valence-electron chi connectivity index (χ0n) is 15.2. The van der Waals surface area contributed by atoms with Crippen molar-refractivity contribution in [3.8, 4) is 5.75 Å². The molecule has 150 valence electrons. The monoisotopic (exact) mass is 396 g/mol. The average Bonchev–Trinajstić information content (AvgIpc) is 2.83. The Labute approximate surface area is 160 Å². The highest BCUT2D eigenvalue weighted by atomic mass is 19.4. The van der Waals surface area contributed by atoms with Crippen LogP contribution in [0, 0.1) is 5.82 Å². The normalized spacial score (nSPS) is 16.5. The minimum absolute atomic E-state index is 0.00305. The molecule has 0 bridgehead atoms. The number of halogens is 4. The van der Waals surface area contributed by atoms with Gasteiger partial charge in [0.25, 0.3) is 0 Å². The van der Waals surface area contributed by atoms with Gasteiger partial charge in [0.2, 0.25) is 0 Å². The summed E-state index contributed by atoms with van der Waals surface area (Å²) in [6.45, 7) is 0.237. The molecule has 1 N–H and O–H groups in total. The molecular weight excluding hydrogens is 376 g/mol. The number of carbonyl (C=O) groups is 1. The minimum atomic E-state index is -4.50. The number of carbonyl (C=O) groups excluding carboxylic acids is 1. The van der Waals surface area contributed by atoms with Gasteiger partial charge in [0.15, 0.2) is 0 Å². The van der Waals surface area contributed by atoms with E-state index in [0.717, 1.165) is 6.07 Å². The van der Waals surface area contributed by atoms with Crippen molar-refractivity contribution < 1.29 is 27.1 Å². The van der Waals surface area contributed by atoms with Gasteiger partial charge in [-0.3, -0.25) is 0 Å². The number of rotatable bonds is 3. The average molecular weight is 396 g/mol. The van der Waals surface area contributed by atoms with E-state index in [2.05, 4.69) is 5.32 Å². The number of benzene rings is 2. The molecule has 1 aliphatic heterocycles. The molecule has 2 amide bonds. The highest BCUT2D eigenvalue weighted by Crippen LogP contribution is 2.33. The maximum atomic E-state index is 13.7. The zero-order chi connectivity index (χ0) is 20.3. The summed E-state index contributed by atoms with van der Waals surface area (Å²) in [6, 6.07) is 8.22. The topological polar surface area (TPSA) is 41.6 Å². The molecule has 28 heavy (non-hydrogen) atoms. The zero-order valence-corrected chi connectivity index (χ0v) is 15.2. The Bertz CT molecular complexity index is 854. The quantitative estimate of drug-likeness (QED) is 0.750. The van der Waals surface area contributed by atoms with E-state index in [0.29, 0.717) is 30.8 Å². The maximum absolute atomic E-state index is 13.7. The van der Waals surface area contributed by atoms with E-state index in [-0.39, 0.29) is 12.1 Å². The van der Waals surface area contributed by atoms with Gasteiger partial charge in [-0.15, -0.1) is 0 Å². The van der Waals surface area contributed by atoms with Gasteiger partial charge in [0, 0.05) is 19.2 Å². The Kier molecular flexibility index (Phi) is 5.76. The van der Waals surface area contributed by atoms with Gasteiger partial charge < -0.3 is 15.0 Å². The largest absolute Gasteiger partial charge is 0.493 e. The van der Waals surface area contributed by atoms with Gasteiger partial charge in [0.1, 0.15) is 11.6 Å². The Balaban J connectivity index is 1.75. The van der Waals surface area contributed by atoms with Crippen molar-refractivity contribution in [3.05, 3.63) is 65.0 Å². The maximum Gasteiger partial charge on any atom is 0.416 e. The first-order chi connectivity index (χ1) is 13.3. The first kappa shape index (κ1) is 20.0. The summed E-state index contributed by atoms with van der Waals surface area (Å²) in [5.74, 6) is 0.0465. The molecule has 3 rings (SSSR count). The molecule has 0 fully saturated rings. The summed E-state index contributed by atoms with van der Waals surface area (Å²) >= 11 is 0.